The van der Waals surface area contributed by atoms with E-state index in [-0.39, 0.29) is 0 Å². The Morgan fingerprint density at radius 2 is 1.08 bits per heavy atom. The second-order valence-corrected chi connectivity index (χ2v) is 8.34. The number of hydrogen-bond acceptors (Lipinski definition) is 8. The van der Waals surface area contributed by atoms with Crippen molar-refractivity contribution in [3.63, 3.8) is 0 Å². The van der Waals surface area contributed by atoms with Crippen LogP contribution in [0.5, 0.6) is 0 Å². The number of aliphatic carboxylic acids is 3. The number of carbonyl (C=O) groups is 8. The van der Waals surface area contributed by atoms with Gasteiger partial charge in [0, 0.05) is 13.3 Å². The molecule has 0 aromatic heterocycles. The average Bonchev–Trinajstić information content (AvgIpc) is 2.71. The summed E-state index contributed by atoms with van der Waals surface area (Å²) >= 11 is 0. The summed E-state index contributed by atoms with van der Waals surface area (Å²) in [5.41, 5.74) is 0. The van der Waals surface area contributed by atoms with E-state index < -0.39 is 103 Å². The molecule has 15 heteroatoms. The fourth-order valence-electron chi connectivity index (χ4n) is 2.96. The number of carboxylic acid groups (broad SMARTS) is 3. The van der Waals surface area contributed by atoms with Gasteiger partial charge < -0.3 is 36.6 Å². The molecule has 0 aliphatic heterocycles. The fraction of sp³-hybridized carbons (Fsp3) is 0.619. The van der Waals surface area contributed by atoms with Gasteiger partial charge in [-0.25, -0.2) is 0 Å². The number of nitrogens with one attached hydrogen (secondary N) is 4. The summed E-state index contributed by atoms with van der Waals surface area (Å²) in [6, 6.07) is -5.75. The highest BCUT2D eigenvalue weighted by molar-refractivity contribution is 5.97. The van der Waals surface area contributed by atoms with E-state index in [0.717, 1.165) is 13.8 Å². The van der Waals surface area contributed by atoms with Gasteiger partial charge in [0.1, 0.15) is 18.1 Å². The van der Waals surface area contributed by atoms with Crippen molar-refractivity contribution in [2.24, 2.45) is 5.92 Å². The quantitative estimate of drug-likeness (QED) is 0.118. The third-order valence-electron chi connectivity index (χ3n) is 4.79. The Bertz CT molecular complexity index is 871. The van der Waals surface area contributed by atoms with Crippen molar-refractivity contribution >= 4 is 47.3 Å². The minimum absolute atomic E-state index is 0.436. The number of amides is 4. The lowest BCUT2D eigenvalue weighted by Gasteiger charge is -2.27. The Morgan fingerprint density at radius 3 is 1.50 bits per heavy atom. The molecule has 36 heavy (non-hydrogen) atoms. The van der Waals surface area contributed by atoms with Crippen LogP contribution >= 0.6 is 0 Å². The van der Waals surface area contributed by atoms with Gasteiger partial charge in [-0.3, -0.25) is 38.4 Å². The topological polar surface area (TPSA) is 245 Å². The summed E-state index contributed by atoms with van der Waals surface area (Å²) in [5.74, 6) is -8.95. The number of carbonyl (C=O) groups excluding carboxylic acids is 5. The third kappa shape index (κ3) is 12.4. The lowest BCUT2D eigenvalue weighted by molar-refractivity contribution is -0.142. The smallest absolute Gasteiger partial charge is 0.305 e. The van der Waals surface area contributed by atoms with E-state index in [1.165, 1.54) is 13.8 Å². The van der Waals surface area contributed by atoms with E-state index in [1.54, 1.807) is 0 Å². The van der Waals surface area contributed by atoms with Gasteiger partial charge in [0.25, 0.3) is 0 Å². The first kappa shape index (κ1) is 32.0. The van der Waals surface area contributed by atoms with Crippen LogP contribution in [-0.4, -0.2) is 86.8 Å². The van der Waals surface area contributed by atoms with Crippen molar-refractivity contribution in [3.05, 3.63) is 0 Å². The zero-order chi connectivity index (χ0) is 28.2. The van der Waals surface area contributed by atoms with Gasteiger partial charge in [-0.2, -0.15) is 0 Å². The van der Waals surface area contributed by atoms with Crippen molar-refractivity contribution in [1.82, 2.24) is 21.3 Å². The lowest BCUT2D eigenvalue weighted by atomic mass is 10.0. The number of carboxylic acids is 3. The lowest BCUT2D eigenvalue weighted by Crippen LogP contribution is -2.59. The van der Waals surface area contributed by atoms with Crippen LogP contribution in [-0.2, 0) is 38.4 Å². The van der Waals surface area contributed by atoms with Crippen molar-refractivity contribution in [1.29, 1.82) is 0 Å². The van der Waals surface area contributed by atoms with Crippen LogP contribution in [0.1, 0.15) is 53.4 Å². The zero-order valence-corrected chi connectivity index (χ0v) is 20.3. The third-order valence-corrected chi connectivity index (χ3v) is 4.79. The maximum atomic E-state index is 12.9. The average molecular weight is 517 g/mol. The first-order valence-electron chi connectivity index (χ1n) is 10.9. The number of Topliss-reactive ketones (excluding diaryl/α,β-unsaturated/α-hetero) is 1. The Kier molecular flexibility index (Phi) is 13.4. The van der Waals surface area contributed by atoms with Crippen molar-refractivity contribution in [2.75, 3.05) is 0 Å². The van der Waals surface area contributed by atoms with E-state index in [0.29, 0.717) is 0 Å². The molecule has 4 atom stereocenters. The molecule has 4 amide bonds. The van der Waals surface area contributed by atoms with Crippen LogP contribution in [0, 0.1) is 5.92 Å². The molecule has 0 saturated carbocycles. The van der Waals surface area contributed by atoms with Gasteiger partial charge >= 0.3 is 17.9 Å². The first-order chi connectivity index (χ1) is 16.5. The van der Waals surface area contributed by atoms with Crippen LogP contribution < -0.4 is 21.3 Å². The highest BCUT2D eigenvalue weighted by Crippen LogP contribution is 2.07. The summed E-state index contributed by atoms with van der Waals surface area (Å²) in [7, 11) is 0. The molecule has 15 nitrogen and oxygen atoms in total. The molecule has 0 radical (unpaired) electrons. The Labute approximate surface area is 206 Å². The van der Waals surface area contributed by atoms with Gasteiger partial charge in [0.15, 0.2) is 5.78 Å². The molecule has 202 valence electrons. The van der Waals surface area contributed by atoms with Gasteiger partial charge in [-0.15, -0.1) is 0 Å². The SMILES string of the molecule is CC(=O)NC(CC(=O)O)C(=O)NC(CCC(=O)O)C(=O)NC(C(=O)NC(CC(=O)O)C(C)=O)C(C)C. The number of ketones is 1. The van der Waals surface area contributed by atoms with Crippen molar-refractivity contribution in [3.8, 4) is 0 Å². The van der Waals surface area contributed by atoms with E-state index >= 15 is 0 Å². The molecular formula is C21H32N4O11. The molecular weight excluding hydrogens is 484 g/mol. The van der Waals surface area contributed by atoms with Crippen LogP contribution in [0.25, 0.3) is 0 Å². The summed E-state index contributed by atoms with van der Waals surface area (Å²) in [4.78, 5) is 94.2. The predicted octanol–water partition coefficient (Wildman–Crippen LogP) is -2.00. The molecule has 0 fully saturated rings. The molecule has 0 bridgehead atoms. The Balaban J connectivity index is 5.74. The van der Waals surface area contributed by atoms with E-state index in [1.807, 2.05) is 0 Å². The minimum atomic E-state index is -1.56. The summed E-state index contributed by atoms with van der Waals surface area (Å²) in [6.07, 6.45) is -2.52. The zero-order valence-electron chi connectivity index (χ0n) is 20.3. The minimum Gasteiger partial charge on any atom is -0.481 e. The predicted molar refractivity (Wildman–Crippen MR) is 120 cm³/mol. The van der Waals surface area contributed by atoms with Gasteiger partial charge in [-0.1, -0.05) is 13.8 Å². The maximum Gasteiger partial charge on any atom is 0.305 e. The molecule has 0 aliphatic rings. The van der Waals surface area contributed by atoms with Crippen molar-refractivity contribution in [2.45, 2.75) is 77.5 Å². The van der Waals surface area contributed by atoms with Gasteiger partial charge in [0.2, 0.25) is 23.6 Å². The molecule has 0 rings (SSSR count). The Morgan fingerprint density at radius 1 is 0.611 bits per heavy atom. The van der Waals surface area contributed by atoms with Crippen LogP contribution in [0.2, 0.25) is 0 Å². The standard InChI is InChI=1S/C21H32N4O11/c1-9(2)18(21(36)24-13(10(3)26)7-16(30)31)25-19(34)12(5-6-15(28)29)23-20(35)14(8-17(32)33)22-11(4)27/h9,12-14,18H,5-8H2,1-4H3,(H,22,27)(H,23,35)(H,24,36)(H,25,34)(H,28,29)(H,30,31)(H,32,33). The molecule has 0 saturated heterocycles. The van der Waals surface area contributed by atoms with E-state index in [9.17, 15) is 38.4 Å². The van der Waals surface area contributed by atoms with Gasteiger partial charge in [-0.05, 0) is 19.3 Å². The van der Waals surface area contributed by atoms with Crippen molar-refractivity contribution < 1.29 is 53.7 Å². The molecule has 0 spiro atoms. The van der Waals surface area contributed by atoms with Crippen LogP contribution in [0.4, 0.5) is 0 Å². The van der Waals surface area contributed by atoms with Gasteiger partial charge in [0.05, 0.1) is 18.9 Å². The fourth-order valence-corrected chi connectivity index (χ4v) is 2.96. The normalized spacial score (nSPS) is 13.9. The molecule has 0 aromatic rings. The summed E-state index contributed by atoms with van der Waals surface area (Å²) < 4.78 is 0. The molecule has 0 heterocycles. The summed E-state index contributed by atoms with van der Waals surface area (Å²) in [6.45, 7) is 5.20. The second-order valence-electron chi connectivity index (χ2n) is 8.34. The number of hydrogen-bond donors (Lipinski definition) is 7. The second kappa shape index (κ2) is 15.1. The first-order valence-corrected chi connectivity index (χ1v) is 10.9. The van der Waals surface area contributed by atoms with Crippen LogP contribution in [0.3, 0.4) is 0 Å². The highest BCUT2D eigenvalue weighted by Gasteiger charge is 2.33. The highest BCUT2D eigenvalue weighted by atomic mass is 16.4. The summed E-state index contributed by atoms with van der Waals surface area (Å²) in [5, 5.41) is 35.8. The molecule has 0 aromatic carbocycles. The molecule has 7 N–H and O–H groups in total. The van der Waals surface area contributed by atoms with E-state index in [4.69, 9.17) is 15.3 Å². The number of rotatable bonds is 16. The Hall–Kier alpha value is -4.04. The van der Waals surface area contributed by atoms with Crippen LogP contribution in [0.15, 0.2) is 0 Å². The molecule has 4 unspecified atom stereocenters. The monoisotopic (exact) mass is 516 g/mol. The largest absolute Gasteiger partial charge is 0.481 e. The maximum absolute atomic E-state index is 12.9. The van der Waals surface area contributed by atoms with E-state index in [2.05, 4.69) is 21.3 Å². The molecule has 0 aliphatic carbocycles.